The van der Waals surface area contributed by atoms with Crippen LogP contribution in [0.15, 0.2) is 34.9 Å². The molecule has 1 amide bonds. The summed E-state index contributed by atoms with van der Waals surface area (Å²) in [5, 5.41) is 16.2. The van der Waals surface area contributed by atoms with Gasteiger partial charge in [0.1, 0.15) is 17.1 Å². The predicted octanol–water partition coefficient (Wildman–Crippen LogP) is 3.33. The Balaban J connectivity index is 1.78. The van der Waals surface area contributed by atoms with E-state index in [1.54, 1.807) is 11.6 Å². The number of aryl methyl sites for hydroxylation is 3. The van der Waals surface area contributed by atoms with Gasteiger partial charge < -0.3 is 14.8 Å². The molecule has 2 heterocycles. The second kappa shape index (κ2) is 7.11. The summed E-state index contributed by atoms with van der Waals surface area (Å²) in [4.78, 5) is 23.6. The summed E-state index contributed by atoms with van der Waals surface area (Å²) in [6.07, 6.45) is 1.53. The summed E-state index contributed by atoms with van der Waals surface area (Å²) >= 11 is 0. The average molecular weight is 367 g/mol. The van der Waals surface area contributed by atoms with Crippen molar-refractivity contribution < 1.29 is 19.1 Å². The van der Waals surface area contributed by atoms with Crippen molar-refractivity contribution >= 4 is 11.9 Å². The van der Waals surface area contributed by atoms with Crippen molar-refractivity contribution in [1.29, 1.82) is 0 Å². The van der Waals surface area contributed by atoms with Gasteiger partial charge in [0, 0.05) is 0 Å². The molecule has 140 valence electrons. The van der Waals surface area contributed by atoms with E-state index in [4.69, 9.17) is 9.52 Å². The lowest BCUT2D eigenvalue weighted by Gasteiger charge is -2.10. The zero-order valence-corrected chi connectivity index (χ0v) is 15.7. The first-order chi connectivity index (χ1) is 12.8. The van der Waals surface area contributed by atoms with Gasteiger partial charge in [-0.25, -0.2) is 9.48 Å². The van der Waals surface area contributed by atoms with Crippen LogP contribution < -0.4 is 5.32 Å². The standard InChI is InChI=1S/C20H21N3O4/c1-11-5-6-12(2)18(7-11)23-13(3)17(10-22-23)19(24)21-9-15-8-16(20(25)26)14(4)27-15/h5-8,10H,9H2,1-4H3,(H,21,24)(H,25,26). The van der Waals surface area contributed by atoms with Crippen LogP contribution in [0.1, 0.15) is 49.1 Å². The van der Waals surface area contributed by atoms with Gasteiger partial charge in [0.2, 0.25) is 0 Å². The first-order valence-electron chi connectivity index (χ1n) is 8.51. The molecular formula is C20H21N3O4. The number of furan rings is 1. The van der Waals surface area contributed by atoms with Gasteiger partial charge in [-0.05, 0) is 51.0 Å². The van der Waals surface area contributed by atoms with Crippen molar-refractivity contribution in [3.63, 3.8) is 0 Å². The SMILES string of the molecule is Cc1ccc(C)c(-n2ncc(C(=O)NCc3cc(C(=O)O)c(C)o3)c2C)c1. The van der Waals surface area contributed by atoms with Crippen molar-refractivity contribution in [3.05, 3.63) is 69.9 Å². The minimum absolute atomic E-state index is 0.0955. The van der Waals surface area contributed by atoms with Gasteiger partial charge in [-0.15, -0.1) is 0 Å². The number of nitrogens with zero attached hydrogens (tertiary/aromatic N) is 2. The van der Waals surface area contributed by atoms with Crippen LogP contribution in [0, 0.1) is 27.7 Å². The van der Waals surface area contributed by atoms with E-state index in [0.29, 0.717) is 17.1 Å². The van der Waals surface area contributed by atoms with Crippen LogP contribution in [-0.2, 0) is 6.54 Å². The number of amides is 1. The molecule has 0 aliphatic carbocycles. The Morgan fingerprint density at radius 3 is 2.56 bits per heavy atom. The number of carbonyl (C=O) groups excluding carboxylic acids is 1. The van der Waals surface area contributed by atoms with E-state index in [0.717, 1.165) is 22.5 Å². The van der Waals surface area contributed by atoms with Gasteiger partial charge >= 0.3 is 5.97 Å². The van der Waals surface area contributed by atoms with Gasteiger partial charge in [0.25, 0.3) is 5.91 Å². The highest BCUT2D eigenvalue weighted by Gasteiger charge is 2.18. The minimum atomic E-state index is -1.06. The highest BCUT2D eigenvalue weighted by molar-refractivity contribution is 5.95. The lowest BCUT2D eigenvalue weighted by Crippen LogP contribution is -2.23. The van der Waals surface area contributed by atoms with Crippen LogP contribution in [-0.4, -0.2) is 26.8 Å². The Morgan fingerprint density at radius 1 is 1.15 bits per heavy atom. The Hall–Kier alpha value is -3.35. The molecule has 2 aromatic heterocycles. The highest BCUT2D eigenvalue weighted by atomic mass is 16.4. The molecule has 3 rings (SSSR count). The number of carboxylic acid groups (broad SMARTS) is 1. The van der Waals surface area contributed by atoms with E-state index in [2.05, 4.69) is 10.4 Å². The average Bonchev–Trinajstić information content (AvgIpc) is 3.18. The second-order valence-corrected chi connectivity index (χ2v) is 6.52. The third kappa shape index (κ3) is 3.62. The minimum Gasteiger partial charge on any atom is -0.478 e. The van der Waals surface area contributed by atoms with Gasteiger partial charge in [0.15, 0.2) is 0 Å². The molecule has 0 atom stereocenters. The fraction of sp³-hybridized carbons (Fsp3) is 0.250. The second-order valence-electron chi connectivity index (χ2n) is 6.52. The van der Waals surface area contributed by atoms with Crippen molar-refractivity contribution in [2.75, 3.05) is 0 Å². The van der Waals surface area contributed by atoms with Crippen LogP contribution in [0.2, 0.25) is 0 Å². The first kappa shape index (κ1) is 18.4. The molecule has 2 N–H and O–H groups in total. The smallest absolute Gasteiger partial charge is 0.339 e. The molecular weight excluding hydrogens is 346 g/mol. The van der Waals surface area contributed by atoms with E-state index in [1.807, 2.05) is 39.0 Å². The molecule has 0 fully saturated rings. The van der Waals surface area contributed by atoms with Gasteiger partial charge in [-0.1, -0.05) is 12.1 Å². The Bertz CT molecular complexity index is 1030. The van der Waals surface area contributed by atoms with E-state index in [1.165, 1.54) is 12.3 Å². The van der Waals surface area contributed by atoms with Crippen LogP contribution in [0.4, 0.5) is 0 Å². The molecule has 0 unspecified atom stereocenters. The fourth-order valence-electron chi connectivity index (χ4n) is 2.93. The molecule has 0 spiro atoms. The number of rotatable bonds is 5. The molecule has 7 nitrogen and oxygen atoms in total. The molecule has 1 aromatic carbocycles. The largest absolute Gasteiger partial charge is 0.478 e. The molecule has 0 saturated heterocycles. The van der Waals surface area contributed by atoms with Crippen LogP contribution in [0.5, 0.6) is 0 Å². The third-order valence-corrected chi connectivity index (χ3v) is 4.47. The summed E-state index contributed by atoms with van der Waals surface area (Å²) in [6.45, 7) is 7.51. The number of carbonyl (C=O) groups is 2. The number of hydrogen-bond donors (Lipinski definition) is 2. The Morgan fingerprint density at radius 2 is 1.89 bits per heavy atom. The number of hydrogen-bond acceptors (Lipinski definition) is 4. The molecule has 0 bridgehead atoms. The van der Waals surface area contributed by atoms with Gasteiger partial charge in [0.05, 0.1) is 29.7 Å². The quantitative estimate of drug-likeness (QED) is 0.721. The summed E-state index contributed by atoms with van der Waals surface area (Å²) in [6, 6.07) is 7.49. The molecule has 0 aliphatic rings. The maximum atomic E-state index is 12.5. The van der Waals surface area contributed by atoms with Crippen molar-refractivity contribution in [3.8, 4) is 5.69 Å². The number of nitrogens with one attached hydrogen (secondary N) is 1. The van der Waals surface area contributed by atoms with Crippen LogP contribution >= 0.6 is 0 Å². The number of benzene rings is 1. The lowest BCUT2D eigenvalue weighted by molar-refractivity contribution is 0.0694. The summed E-state index contributed by atoms with van der Waals surface area (Å²) < 4.78 is 7.13. The van der Waals surface area contributed by atoms with Crippen LogP contribution in [0.3, 0.4) is 0 Å². The Labute approximate surface area is 156 Å². The summed E-state index contributed by atoms with van der Waals surface area (Å²) in [7, 11) is 0. The number of aromatic nitrogens is 2. The van der Waals surface area contributed by atoms with E-state index < -0.39 is 5.97 Å². The fourth-order valence-corrected chi connectivity index (χ4v) is 2.93. The third-order valence-electron chi connectivity index (χ3n) is 4.47. The van der Waals surface area contributed by atoms with Crippen molar-refractivity contribution in [2.24, 2.45) is 0 Å². The topological polar surface area (TPSA) is 97.4 Å². The molecule has 0 aliphatic heterocycles. The van der Waals surface area contributed by atoms with Crippen LogP contribution in [0.25, 0.3) is 5.69 Å². The predicted molar refractivity (Wildman–Crippen MR) is 99.3 cm³/mol. The Kier molecular flexibility index (Phi) is 4.85. The highest BCUT2D eigenvalue weighted by Crippen LogP contribution is 2.20. The lowest BCUT2D eigenvalue weighted by atomic mass is 10.1. The van der Waals surface area contributed by atoms with E-state index in [9.17, 15) is 9.59 Å². The summed E-state index contributed by atoms with van der Waals surface area (Å²) in [5.41, 5.74) is 4.38. The first-order valence-corrected chi connectivity index (χ1v) is 8.51. The molecule has 27 heavy (non-hydrogen) atoms. The molecule has 7 heteroatoms. The van der Waals surface area contributed by atoms with Crippen molar-refractivity contribution in [1.82, 2.24) is 15.1 Å². The van der Waals surface area contributed by atoms with Gasteiger partial charge in [-0.3, -0.25) is 4.79 Å². The van der Waals surface area contributed by atoms with E-state index >= 15 is 0 Å². The monoisotopic (exact) mass is 367 g/mol. The normalized spacial score (nSPS) is 10.8. The van der Waals surface area contributed by atoms with E-state index in [-0.39, 0.29) is 18.0 Å². The number of carboxylic acids is 1. The van der Waals surface area contributed by atoms with Gasteiger partial charge in [-0.2, -0.15) is 5.10 Å². The maximum absolute atomic E-state index is 12.5. The molecule has 0 saturated carbocycles. The molecule has 3 aromatic rings. The zero-order chi connectivity index (χ0) is 19.7. The molecule has 0 radical (unpaired) electrons. The van der Waals surface area contributed by atoms with Crippen molar-refractivity contribution in [2.45, 2.75) is 34.2 Å². The number of aromatic carboxylic acids is 1. The maximum Gasteiger partial charge on any atom is 0.339 e. The summed E-state index contributed by atoms with van der Waals surface area (Å²) in [5.74, 6) is -0.655. The zero-order valence-electron chi connectivity index (χ0n) is 15.7.